The van der Waals surface area contributed by atoms with E-state index in [1.54, 1.807) is 17.1 Å². The first kappa shape index (κ1) is 13.3. The molecule has 0 fully saturated rings. The first-order valence-corrected chi connectivity index (χ1v) is 7.62. The molecule has 0 saturated carbocycles. The molecule has 7 heteroatoms. The number of hydrogen-bond donors (Lipinski definition) is 1. The van der Waals surface area contributed by atoms with Crippen LogP contribution in [0.4, 0.5) is 0 Å². The molecule has 0 aromatic carbocycles. The lowest BCUT2D eigenvalue weighted by Crippen LogP contribution is -2.22. The molecule has 0 aliphatic carbocycles. The fraction of sp³-hybridized carbons (Fsp3) is 0.308. The van der Waals surface area contributed by atoms with Crippen LogP contribution in [0, 0.1) is 11.7 Å². The molecule has 3 heterocycles. The summed E-state index contributed by atoms with van der Waals surface area (Å²) in [5, 5.41) is 1.98. The van der Waals surface area contributed by atoms with Gasteiger partial charge in [0.25, 0.3) is 5.56 Å². The molecule has 0 saturated heterocycles. The van der Waals surface area contributed by atoms with Gasteiger partial charge in [0.05, 0.1) is 11.8 Å². The van der Waals surface area contributed by atoms with E-state index >= 15 is 0 Å². The topological polar surface area (TPSA) is 55.6 Å². The van der Waals surface area contributed by atoms with Crippen molar-refractivity contribution in [2.75, 3.05) is 0 Å². The highest BCUT2D eigenvalue weighted by Gasteiger charge is 2.09. The quantitative estimate of drug-likeness (QED) is 0.754. The minimum absolute atomic E-state index is 0.00693. The monoisotopic (exact) mass is 306 g/mol. The fourth-order valence-corrected chi connectivity index (χ4v) is 3.41. The highest BCUT2D eigenvalue weighted by atomic mass is 32.1. The molecular weight excluding hydrogens is 292 g/mol. The summed E-state index contributed by atoms with van der Waals surface area (Å²) in [6.45, 7) is 3.41. The molecule has 0 unspecified atom stereocenters. The normalized spacial score (nSPS) is 11.2. The van der Waals surface area contributed by atoms with Crippen LogP contribution in [-0.4, -0.2) is 19.1 Å². The molecule has 20 heavy (non-hydrogen) atoms. The van der Waals surface area contributed by atoms with Crippen LogP contribution in [0.1, 0.15) is 12.0 Å². The molecule has 3 aromatic rings. The maximum atomic E-state index is 12.4. The van der Waals surface area contributed by atoms with Gasteiger partial charge < -0.3 is 9.55 Å². The standard InChI is InChI=1S/C13H14N4OS2/c1-9-7-20-11-10(9)15-13(19)17(12(11)18)5-2-4-16-6-3-14-8-16/h3,6-8H,2,4-5H2,1H3,(H,15,19). The van der Waals surface area contributed by atoms with E-state index in [1.807, 2.05) is 23.1 Å². The molecule has 5 nitrogen and oxygen atoms in total. The molecule has 0 amide bonds. The van der Waals surface area contributed by atoms with E-state index in [9.17, 15) is 4.79 Å². The van der Waals surface area contributed by atoms with Gasteiger partial charge in [0.15, 0.2) is 4.77 Å². The summed E-state index contributed by atoms with van der Waals surface area (Å²) in [5.74, 6) is 0. The Kier molecular flexibility index (Phi) is 3.54. The average Bonchev–Trinajstić information content (AvgIpc) is 3.05. The third kappa shape index (κ3) is 2.34. The second-order valence-electron chi connectivity index (χ2n) is 4.66. The summed E-state index contributed by atoms with van der Waals surface area (Å²) >= 11 is 6.77. The van der Waals surface area contributed by atoms with Gasteiger partial charge in [0, 0.05) is 25.5 Å². The summed E-state index contributed by atoms with van der Waals surface area (Å²) in [6.07, 6.45) is 6.27. The number of fused-ring (bicyclic) bond motifs is 1. The van der Waals surface area contributed by atoms with Gasteiger partial charge in [-0.15, -0.1) is 11.3 Å². The van der Waals surface area contributed by atoms with Crippen molar-refractivity contribution in [1.29, 1.82) is 0 Å². The number of imidazole rings is 1. The van der Waals surface area contributed by atoms with Gasteiger partial charge in [-0.25, -0.2) is 4.98 Å². The first-order chi connectivity index (χ1) is 9.66. The summed E-state index contributed by atoms with van der Waals surface area (Å²) in [4.78, 5) is 19.6. The summed E-state index contributed by atoms with van der Waals surface area (Å²) in [5.41, 5.74) is 1.95. The van der Waals surface area contributed by atoms with E-state index < -0.39 is 0 Å². The highest BCUT2D eigenvalue weighted by Crippen LogP contribution is 2.19. The number of nitrogens with one attached hydrogen (secondary N) is 1. The number of aromatic amines is 1. The predicted octanol–water partition coefficient (Wildman–Crippen LogP) is 2.72. The van der Waals surface area contributed by atoms with E-state index in [1.165, 1.54) is 11.3 Å². The molecule has 0 atom stereocenters. The fourth-order valence-electron chi connectivity index (χ4n) is 2.18. The number of aryl methyl sites for hydroxylation is 2. The van der Waals surface area contributed by atoms with Crippen LogP contribution < -0.4 is 5.56 Å². The summed E-state index contributed by atoms with van der Waals surface area (Å²) in [7, 11) is 0. The number of hydrogen-bond acceptors (Lipinski definition) is 4. The molecule has 3 aromatic heterocycles. The number of H-pyrrole nitrogens is 1. The molecule has 0 aliphatic heterocycles. The van der Waals surface area contributed by atoms with Crippen LogP contribution >= 0.6 is 23.6 Å². The van der Waals surface area contributed by atoms with Gasteiger partial charge in [-0.1, -0.05) is 0 Å². The Morgan fingerprint density at radius 3 is 3.05 bits per heavy atom. The van der Waals surface area contributed by atoms with Gasteiger partial charge >= 0.3 is 0 Å². The minimum Gasteiger partial charge on any atom is -0.337 e. The SMILES string of the molecule is Cc1csc2c(=O)n(CCCn3ccnc3)c(=S)[nH]c12. The van der Waals surface area contributed by atoms with Crippen LogP contribution in [-0.2, 0) is 13.1 Å². The van der Waals surface area contributed by atoms with E-state index in [4.69, 9.17) is 12.2 Å². The van der Waals surface area contributed by atoms with Crippen molar-refractivity contribution in [2.45, 2.75) is 26.4 Å². The summed E-state index contributed by atoms with van der Waals surface area (Å²) < 4.78 is 4.88. The van der Waals surface area contributed by atoms with Gasteiger partial charge in [-0.05, 0) is 36.5 Å². The lowest BCUT2D eigenvalue weighted by Gasteiger charge is -2.07. The molecule has 0 bridgehead atoms. The lowest BCUT2D eigenvalue weighted by atomic mass is 10.3. The van der Waals surface area contributed by atoms with Crippen LogP contribution in [0.15, 0.2) is 28.9 Å². The Bertz CT molecular complexity index is 841. The molecule has 1 N–H and O–H groups in total. The second kappa shape index (κ2) is 5.34. The Morgan fingerprint density at radius 1 is 1.45 bits per heavy atom. The highest BCUT2D eigenvalue weighted by molar-refractivity contribution is 7.71. The number of rotatable bonds is 4. The minimum atomic E-state index is 0.00693. The van der Waals surface area contributed by atoms with E-state index in [2.05, 4.69) is 9.97 Å². The second-order valence-corrected chi connectivity index (χ2v) is 5.93. The van der Waals surface area contributed by atoms with Gasteiger partial charge in [0.2, 0.25) is 0 Å². The third-order valence-electron chi connectivity index (χ3n) is 3.25. The molecule has 0 radical (unpaired) electrons. The summed E-state index contributed by atoms with van der Waals surface area (Å²) in [6, 6.07) is 0. The molecule has 0 aliphatic rings. The van der Waals surface area contributed by atoms with Crippen LogP contribution in [0.3, 0.4) is 0 Å². The smallest absolute Gasteiger partial charge is 0.272 e. The first-order valence-electron chi connectivity index (χ1n) is 6.33. The van der Waals surface area contributed by atoms with Crippen LogP contribution in [0.5, 0.6) is 0 Å². The van der Waals surface area contributed by atoms with Crippen molar-refractivity contribution < 1.29 is 0 Å². The molecule has 3 rings (SSSR count). The van der Waals surface area contributed by atoms with Gasteiger partial charge in [0.1, 0.15) is 4.70 Å². The average molecular weight is 306 g/mol. The number of aromatic nitrogens is 4. The zero-order valence-electron chi connectivity index (χ0n) is 11.0. The van der Waals surface area contributed by atoms with E-state index in [0.29, 0.717) is 11.3 Å². The largest absolute Gasteiger partial charge is 0.337 e. The van der Waals surface area contributed by atoms with Gasteiger partial charge in [-0.2, -0.15) is 0 Å². The van der Waals surface area contributed by atoms with Crippen molar-refractivity contribution in [2.24, 2.45) is 0 Å². The Morgan fingerprint density at radius 2 is 2.30 bits per heavy atom. The van der Waals surface area contributed by atoms with E-state index in [0.717, 1.165) is 28.7 Å². The van der Waals surface area contributed by atoms with Crippen molar-refractivity contribution in [1.82, 2.24) is 19.1 Å². The number of nitrogens with zero attached hydrogens (tertiary/aromatic N) is 3. The van der Waals surface area contributed by atoms with Crippen molar-refractivity contribution in [3.8, 4) is 0 Å². The van der Waals surface area contributed by atoms with Crippen molar-refractivity contribution in [3.05, 3.63) is 44.8 Å². The Labute approximate surface area is 124 Å². The Balaban J connectivity index is 1.88. The zero-order valence-corrected chi connectivity index (χ0v) is 12.6. The zero-order chi connectivity index (χ0) is 14.1. The lowest BCUT2D eigenvalue weighted by molar-refractivity contribution is 0.546. The maximum absolute atomic E-state index is 12.4. The van der Waals surface area contributed by atoms with Crippen molar-refractivity contribution in [3.63, 3.8) is 0 Å². The van der Waals surface area contributed by atoms with Crippen LogP contribution in [0.2, 0.25) is 0 Å². The molecule has 0 spiro atoms. The number of thiophene rings is 1. The molecule has 104 valence electrons. The molecular formula is C13H14N4OS2. The maximum Gasteiger partial charge on any atom is 0.272 e. The van der Waals surface area contributed by atoms with Crippen molar-refractivity contribution >= 4 is 33.8 Å². The van der Waals surface area contributed by atoms with Gasteiger partial charge in [-0.3, -0.25) is 9.36 Å². The van der Waals surface area contributed by atoms with E-state index in [-0.39, 0.29) is 5.56 Å². The predicted molar refractivity (Wildman–Crippen MR) is 82.9 cm³/mol. The van der Waals surface area contributed by atoms with Crippen LogP contribution in [0.25, 0.3) is 10.2 Å². The Hall–Kier alpha value is -1.73. The third-order valence-corrected chi connectivity index (χ3v) is 4.66.